The number of ether oxygens (including phenoxy) is 1. The molecular weight excluding hydrogens is 442 g/mol. The second kappa shape index (κ2) is 8.32. The summed E-state index contributed by atoms with van der Waals surface area (Å²) >= 11 is 1.25. The largest absolute Gasteiger partial charge is 0.497 e. The van der Waals surface area contributed by atoms with Crippen molar-refractivity contribution in [1.82, 2.24) is 10.9 Å². The van der Waals surface area contributed by atoms with Crippen LogP contribution in [0.3, 0.4) is 0 Å². The molecule has 1 aliphatic heterocycles. The smallest absolute Gasteiger partial charge is 0.337 e. The molecule has 5 rings (SSSR count). The molecule has 10 heteroatoms. The quantitative estimate of drug-likeness (QED) is 0.503. The zero-order chi connectivity index (χ0) is 22.9. The van der Waals surface area contributed by atoms with E-state index in [1.165, 1.54) is 11.3 Å². The molecule has 3 N–H and O–H groups in total. The van der Waals surface area contributed by atoms with Crippen LogP contribution in [0.2, 0.25) is 0 Å². The first kappa shape index (κ1) is 20.6. The Hall–Kier alpha value is -4.31. The Kier molecular flexibility index (Phi) is 5.19. The second-order valence-corrected chi connectivity index (χ2v) is 8.17. The Morgan fingerprint density at radius 3 is 2.58 bits per heavy atom. The molecular formula is C23H17N5O4S. The number of anilines is 1. The Morgan fingerprint density at radius 2 is 1.85 bits per heavy atom. The third-order valence-electron chi connectivity index (χ3n) is 5.31. The van der Waals surface area contributed by atoms with E-state index in [9.17, 15) is 14.4 Å². The van der Waals surface area contributed by atoms with Gasteiger partial charge in [0, 0.05) is 5.56 Å². The number of hydrazine groups is 1. The van der Waals surface area contributed by atoms with Gasteiger partial charge in [-0.15, -0.1) is 11.3 Å². The molecule has 1 unspecified atom stereocenters. The molecule has 0 saturated heterocycles. The third-order valence-corrected chi connectivity index (χ3v) is 6.18. The van der Waals surface area contributed by atoms with Crippen molar-refractivity contribution < 1.29 is 19.1 Å². The standard InChI is InChI=1S/C23H17N5O4S/c1-32-13-9-7-12(8-10-13)19-18-20(26-25-19)14-4-2-5-15(17(14)21(18)29)24-23(31)28-27-22(30)16-6-3-11-33-16/h2-11,20H,1H3,(H,27,30)(H2,24,28,31). The van der Waals surface area contributed by atoms with Gasteiger partial charge in [-0.1, -0.05) is 18.2 Å². The maximum Gasteiger partial charge on any atom is 0.337 e. The molecule has 164 valence electrons. The first-order valence-corrected chi connectivity index (χ1v) is 10.8. The van der Waals surface area contributed by atoms with Crippen LogP contribution in [0.5, 0.6) is 5.75 Å². The number of rotatable bonds is 4. The van der Waals surface area contributed by atoms with Crippen LogP contribution in [0, 0.1) is 0 Å². The summed E-state index contributed by atoms with van der Waals surface area (Å²) in [4.78, 5) is 38.2. The van der Waals surface area contributed by atoms with Gasteiger partial charge < -0.3 is 10.1 Å². The molecule has 3 aromatic rings. The highest BCUT2D eigenvalue weighted by atomic mass is 32.1. The molecule has 0 radical (unpaired) electrons. The fraction of sp³-hybridized carbons (Fsp3) is 0.0870. The van der Waals surface area contributed by atoms with E-state index in [1.54, 1.807) is 55.0 Å². The number of amides is 3. The summed E-state index contributed by atoms with van der Waals surface area (Å²) in [6.45, 7) is 0. The lowest BCUT2D eigenvalue weighted by Gasteiger charge is -2.11. The Labute approximate surface area is 192 Å². The monoisotopic (exact) mass is 459 g/mol. The number of methoxy groups -OCH3 is 1. The summed E-state index contributed by atoms with van der Waals surface area (Å²) in [5.74, 6) is 0.0172. The van der Waals surface area contributed by atoms with E-state index < -0.39 is 18.0 Å². The number of hydrogen-bond donors (Lipinski definition) is 3. The highest BCUT2D eigenvalue weighted by Gasteiger charge is 2.42. The van der Waals surface area contributed by atoms with Gasteiger partial charge in [-0.25, -0.2) is 10.2 Å². The van der Waals surface area contributed by atoms with Gasteiger partial charge in [0.25, 0.3) is 5.91 Å². The van der Waals surface area contributed by atoms with Crippen molar-refractivity contribution in [2.45, 2.75) is 6.04 Å². The SMILES string of the molecule is COc1ccc(C2=C3C(=O)c4c(NC(=O)NNC(=O)c5cccs5)cccc4C3N=N2)cc1. The van der Waals surface area contributed by atoms with Crippen LogP contribution in [0.25, 0.3) is 5.70 Å². The van der Waals surface area contributed by atoms with Crippen LogP contribution in [0.1, 0.15) is 37.2 Å². The number of Topliss-reactive ketones (excluding diaryl/α,β-unsaturated/α-hetero) is 1. The average Bonchev–Trinajstić information content (AvgIpc) is 3.57. The van der Waals surface area contributed by atoms with Gasteiger partial charge >= 0.3 is 6.03 Å². The van der Waals surface area contributed by atoms with Crippen molar-refractivity contribution >= 4 is 40.4 Å². The predicted molar refractivity (Wildman–Crippen MR) is 122 cm³/mol. The van der Waals surface area contributed by atoms with E-state index in [0.717, 1.165) is 5.56 Å². The van der Waals surface area contributed by atoms with Gasteiger partial charge in [-0.3, -0.25) is 15.0 Å². The third kappa shape index (κ3) is 3.66. The summed E-state index contributed by atoms with van der Waals surface area (Å²) in [6.07, 6.45) is 0. The molecule has 0 fully saturated rings. The van der Waals surface area contributed by atoms with Crippen LogP contribution >= 0.6 is 11.3 Å². The second-order valence-electron chi connectivity index (χ2n) is 7.22. The van der Waals surface area contributed by atoms with E-state index in [2.05, 4.69) is 26.4 Å². The van der Waals surface area contributed by atoms with Gasteiger partial charge in [0.2, 0.25) is 0 Å². The molecule has 9 nitrogen and oxygen atoms in total. The Balaban J connectivity index is 1.38. The number of nitrogens with zero attached hydrogens (tertiary/aromatic N) is 2. The summed E-state index contributed by atoms with van der Waals surface area (Å²) in [7, 11) is 1.58. The highest BCUT2D eigenvalue weighted by molar-refractivity contribution is 7.12. The lowest BCUT2D eigenvalue weighted by Crippen LogP contribution is -2.43. The minimum atomic E-state index is -0.677. The van der Waals surface area contributed by atoms with E-state index in [-0.39, 0.29) is 5.78 Å². The average molecular weight is 459 g/mol. The highest BCUT2D eigenvalue weighted by Crippen LogP contribution is 2.48. The van der Waals surface area contributed by atoms with Crippen molar-refractivity contribution in [2.24, 2.45) is 10.2 Å². The summed E-state index contributed by atoms with van der Waals surface area (Å²) < 4.78 is 5.19. The molecule has 2 heterocycles. The van der Waals surface area contributed by atoms with E-state index >= 15 is 0 Å². The van der Waals surface area contributed by atoms with Crippen LogP contribution in [0.4, 0.5) is 10.5 Å². The lowest BCUT2D eigenvalue weighted by molar-refractivity contribution is 0.0941. The van der Waals surface area contributed by atoms with E-state index in [1.807, 2.05) is 12.1 Å². The Morgan fingerprint density at radius 1 is 1.03 bits per heavy atom. The van der Waals surface area contributed by atoms with Gasteiger partial charge in [-0.2, -0.15) is 10.2 Å². The number of azo groups is 1. The molecule has 0 saturated carbocycles. The number of nitrogens with one attached hydrogen (secondary N) is 3. The lowest BCUT2D eigenvalue weighted by atomic mass is 10.0. The molecule has 1 aliphatic carbocycles. The molecule has 0 spiro atoms. The maximum atomic E-state index is 13.4. The fourth-order valence-electron chi connectivity index (χ4n) is 3.79. The number of ketones is 1. The number of fused-ring (bicyclic) bond motifs is 3. The van der Waals surface area contributed by atoms with Crippen LogP contribution < -0.4 is 20.9 Å². The fourth-order valence-corrected chi connectivity index (χ4v) is 4.41. The van der Waals surface area contributed by atoms with Crippen molar-refractivity contribution in [3.8, 4) is 5.75 Å². The maximum absolute atomic E-state index is 13.4. The molecule has 3 amide bonds. The van der Waals surface area contributed by atoms with Crippen molar-refractivity contribution in [1.29, 1.82) is 0 Å². The van der Waals surface area contributed by atoms with Crippen molar-refractivity contribution in [3.05, 3.63) is 87.1 Å². The summed E-state index contributed by atoms with van der Waals surface area (Å²) in [5.41, 5.74) is 7.71. The Bertz CT molecular complexity index is 1330. The van der Waals surface area contributed by atoms with Crippen LogP contribution in [0.15, 0.2) is 75.8 Å². The number of carbonyl (C=O) groups excluding carboxylic acids is 3. The number of urea groups is 1. The van der Waals surface area contributed by atoms with Gasteiger partial charge in [0.15, 0.2) is 5.78 Å². The number of carbonyl (C=O) groups is 3. The molecule has 1 atom stereocenters. The topological polar surface area (TPSA) is 121 Å². The number of hydrogen-bond acceptors (Lipinski definition) is 7. The zero-order valence-electron chi connectivity index (χ0n) is 17.3. The molecule has 2 aromatic carbocycles. The van der Waals surface area contributed by atoms with Crippen LogP contribution in [-0.2, 0) is 0 Å². The minimum Gasteiger partial charge on any atom is -0.497 e. The van der Waals surface area contributed by atoms with Gasteiger partial charge in [0.1, 0.15) is 17.5 Å². The van der Waals surface area contributed by atoms with Crippen molar-refractivity contribution in [2.75, 3.05) is 12.4 Å². The molecule has 1 aromatic heterocycles. The number of thiophene rings is 1. The molecule has 0 bridgehead atoms. The van der Waals surface area contributed by atoms with E-state index in [0.29, 0.717) is 38.7 Å². The summed E-state index contributed by atoms with van der Waals surface area (Å²) in [6, 6.07) is 14.6. The molecule has 33 heavy (non-hydrogen) atoms. The first-order chi connectivity index (χ1) is 16.1. The predicted octanol–water partition coefficient (Wildman–Crippen LogP) is 4.34. The van der Waals surface area contributed by atoms with Crippen LogP contribution in [-0.4, -0.2) is 24.8 Å². The van der Waals surface area contributed by atoms with E-state index in [4.69, 9.17) is 4.74 Å². The minimum absolute atomic E-state index is 0.246. The normalized spacial score (nSPS) is 15.8. The van der Waals surface area contributed by atoms with Gasteiger partial charge in [0.05, 0.1) is 28.8 Å². The molecule has 2 aliphatic rings. The summed E-state index contributed by atoms with van der Waals surface area (Å²) in [5, 5.41) is 13.0. The van der Waals surface area contributed by atoms with Gasteiger partial charge in [-0.05, 0) is 47.3 Å². The number of benzene rings is 2. The first-order valence-electron chi connectivity index (χ1n) is 9.94. The van der Waals surface area contributed by atoms with Crippen molar-refractivity contribution in [3.63, 3.8) is 0 Å². The zero-order valence-corrected chi connectivity index (χ0v) is 18.1.